The molecule has 3 aromatic heterocycles. The number of hydrogen-bond acceptors (Lipinski definition) is 5. The van der Waals surface area contributed by atoms with E-state index in [2.05, 4.69) is 15.0 Å². The lowest BCUT2D eigenvalue weighted by Crippen LogP contribution is -2.59. The molecule has 1 saturated heterocycles. The lowest BCUT2D eigenvalue weighted by atomic mass is 10.1. The minimum Gasteiger partial charge on any atom is -0.352 e. The molecule has 2 aliphatic rings. The van der Waals surface area contributed by atoms with Crippen molar-refractivity contribution in [2.24, 2.45) is 5.92 Å². The summed E-state index contributed by atoms with van der Waals surface area (Å²) in [5.74, 6) is -3.98. The Morgan fingerprint density at radius 1 is 1.09 bits per heavy atom. The predicted molar refractivity (Wildman–Crippen MR) is 112 cm³/mol. The Balaban J connectivity index is 1.41. The molecule has 7 nitrogen and oxygen atoms in total. The molecule has 0 aromatic carbocycles. The fraction of sp³-hybridized carbons (Fsp3) is 0.455. The Labute approximate surface area is 191 Å². The molecule has 1 amide bonds. The summed E-state index contributed by atoms with van der Waals surface area (Å²) in [5.41, 5.74) is -0.197. The number of aromatic nitrogens is 4. The van der Waals surface area contributed by atoms with Crippen molar-refractivity contribution < 1.29 is 26.7 Å². The lowest BCUT2D eigenvalue weighted by molar-refractivity contribution is -0.140. The summed E-state index contributed by atoms with van der Waals surface area (Å²) in [7, 11) is 0. The number of rotatable bonds is 3. The van der Waals surface area contributed by atoms with Gasteiger partial charge in [-0.3, -0.25) is 9.20 Å². The van der Waals surface area contributed by atoms with Gasteiger partial charge in [-0.2, -0.15) is 13.2 Å². The average molecular weight is 480 g/mol. The second-order valence-electron chi connectivity index (χ2n) is 8.89. The molecule has 34 heavy (non-hydrogen) atoms. The number of anilines is 1. The van der Waals surface area contributed by atoms with E-state index in [1.165, 1.54) is 27.8 Å². The van der Waals surface area contributed by atoms with Crippen LogP contribution in [0.1, 0.15) is 25.8 Å². The van der Waals surface area contributed by atoms with Crippen LogP contribution in [0.4, 0.5) is 27.8 Å². The number of fused-ring (bicyclic) bond motifs is 1. The molecule has 1 saturated carbocycles. The maximum atomic E-state index is 13.4. The van der Waals surface area contributed by atoms with Crippen LogP contribution in [-0.4, -0.2) is 61.3 Å². The molecule has 0 bridgehead atoms. The summed E-state index contributed by atoms with van der Waals surface area (Å²) in [5, 5.41) is 0. The minimum absolute atomic E-state index is 0.195. The summed E-state index contributed by atoms with van der Waals surface area (Å²) < 4.78 is 67.7. The van der Waals surface area contributed by atoms with E-state index in [0.29, 0.717) is 30.2 Å². The topological polar surface area (TPSA) is 66.6 Å². The van der Waals surface area contributed by atoms with Crippen molar-refractivity contribution in [2.75, 3.05) is 18.0 Å². The standard InChI is InChI=1S/C22H21F5N6O/c1-12-9-31(10-13(2)33(12)20(34)15-7-21(15,23)24)18-5-6-28-19(30-18)16-8-29-17-4-3-14(11-32(16)17)22(25,26)27/h3-6,8,11-13,15H,7,9-10H2,1-2H3/t12-,13+,15?. The van der Waals surface area contributed by atoms with Crippen LogP contribution in [0.25, 0.3) is 17.2 Å². The largest absolute Gasteiger partial charge is 0.417 e. The molecule has 4 heterocycles. The first-order chi connectivity index (χ1) is 16.0. The summed E-state index contributed by atoms with van der Waals surface area (Å²) >= 11 is 0. The van der Waals surface area contributed by atoms with Gasteiger partial charge in [0, 0.05) is 44.0 Å². The van der Waals surface area contributed by atoms with Crippen molar-refractivity contribution in [2.45, 2.75) is 44.5 Å². The van der Waals surface area contributed by atoms with Crippen LogP contribution in [-0.2, 0) is 11.0 Å². The summed E-state index contributed by atoms with van der Waals surface area (Å²) in [6.45, 7) is 4.34. The highest BCUT2D eigenvalue weighted by Crippen LogP contribution is 2.50. The Bertz CT molecular complexity index is 1250. The number of carbonyl (C=O) groups excluding carboxylic acids is 1. The molecular weight excluding hydrogens is 459 g/mol. The first-order valence-electron chi connectivity index (χ1n) is 10.8. The van der Waals surface area contributed by atoms with Crippen LogP contribution in [0.3, 0.4) is 0 Å². The van der Waals surface area contributed by atoms with Gasteiger partial charge in [0.2, 0.25) is 5.91 Å². The van der Waals surface area contributed by atoms with Crippen LogP contribution in [0.5, 0.6) is 0 Å². The molecule has 2 fully saturated rings. The number of hydrogen-bond donors (Lipinski definition) is 0. The number of piperazine rings is 1. The third-order valence-corrected chi connectivity index (χ3v) is 6.32. The number of nitrogens with zero attached hydrogens (tertiary/aromatic N) is 6. The normalized spacial score (nSPS) is 24.5. The Kier molecular flexibility index (Phi) is 5.03. The SMILES string of the molecule is C[C@@H]1CN(c2ccnc(-c3cnc4ccc(C(F)(F)F)cn34)n2)C[C@H](C)N1C(=O)C1CC1(F)F. The van der Waals surface area contributed by atoms with Crippen LogP contribution >= 0.6 is 0 Å². The van der Waals surface area contributed by atoms with Gasteiger partial charge in [0.15, 0.2) is 5.82 Å². The Morgan fingerprint density at radius 2 is 1.76 bits per heavy atom. The fourth-order valence-corrected chi connectivity index (χ4v) is 4.57. The average Bonchev–Trinajstić information content (AvgIpc) is 3.21. The number of alkyl halides is 5. The molecule has 0 N–H and O–H groups in total. The molecule has 180 valence electrons. The third kappa shape index (κ3) is 3.84. The molecule has 5 rings (SSSR count). The molecule has 12 heteroatoms. The van der Waals surface area contributed by atoms with Crippen LogP contribution < -0.4 is 4.90 Å². The minimum atomic E-state index is -4.51. The van der Waals surface area contributed by atoms with Crippen molar-refractivity contribution in [3.05, 3.63) is 42.4 Å². The number of halogens is 5. The van der Waals surface area contributed by atoms with Crippen LogP contribution in [0, 0.1) is 5.92 Å². The third-order valence-electron chi connectivity index (χ3n) is 6.32. The van der Waals surface area contributed by atoms with Crippen molar-refractivity contribution >= 4 is 17.4 Å². The molecule has 0 radical (unpaired) electrons. The fourth-order valence-electron chi connectivity index (χ4n) is 4.57. The van der Waals surface area contributed by atoms with E-state index < -0.39 is 35.9 Å². The molecule has 3 aromatic rings. The van der Waals surface area contributed by atoms with Gasteiger partial charge in [-0.1, -0.05) is 0 Å². The lowest BCUT2D eigenvalue weighted by Gasteiger charge is -2.45. The number of imidazole rings is 1. The molecule has 0 spiro atoms. The summed E-state index contributed by atoms with van der Waals surface area (Å²) in [4.78, 5) is 28.9. The smallest absolute Gasteiger partial charge is 0.352 e. The van der Waals surface area contributed by atoms with Gasteiger partial charge in [-0.25, -0.2) is 23.7 Å². The molecular formula is C22H21F5N6O. The van der Waals surface area contributed by atoms with E-state index in [-0.39, 0.29) is 17.9 Å². The van der Waals surface area contributed by atoms with E-state index in [0.717, 1.165) is 12.3 Å². The van der Waals surface area contributed by atoms with Gasteiger partial charge < -0.3 is 9.80 Å². The first-order valence-corrected chi connectivity index (χ1v) is 10.8. The highest BCUT2D eigenvalue weighted by atomic mass is 19.4. The van der Waals surface area contributed by atoms with Gasteiger partial charge >= 0.3 is 6.18 Å². The van der Waals surface area contributed by atoms with Crippen molar-refractivity contribution in [1.29, 1.82) is 0 Å². The molecule has 1 unspecified atom stereocenters. The van der Waals surface area contributed by atoms with Crippen molar-refractivity contribution in [3.8, 4) is 11.5 Å². The second kappa shape index (κ2) is 7.60. The predicted octanol–water partition coefficient (Wildman–Crippen LogP) is 3.89. The quantitative estimate of drug-likeness (QED) is 0.533. The number of pyridine rings is 1. The van der Waals surface area contributed by atoms with E-state index in [9.17, 15) is 26.7 Å². The zero-order valence-electron chi connectivity index (χ0n) is 18.3. The highest BCUT2D eigenvalue weighted by Gasteiger charge is 2.63. The molecule has 3 atom stereocenters. The summed E-state index contributed by atoms with van der Waals surface area (Å²) in [6, 6.07) is 3.26. The van der Waals surface area contributed by atoms with E-state index in [1.54, 1.807) is 19.9 Å². The van der Waals surface area contributed by atoms with E-state index in [4.69, 9.17) is 0 Å². The van der Waals surface area contributed by atoms with Gasteiger partial charge in [0.05, 0.1) is 11.8 Å². The first kappa shape index (κ1) is 22.5. The molecule has 1 aliphatic carbocycles. The monoisotopic (exact) mass is 480 g/mol. The second-order valence-corrected chi connectivity index (χ2v) is 8.89. The zero-order valence-corrected chi connectivity index (χ0v) is 18.3. The molecule has 1 aliphatic heterocycles. The van der Waals surface area contributed by atoms with Crippen molar-refractivity contribution in [3.63, 3.8) is 0 Å². The Hall–Kier alpha value is -3.31. The van der Waals surface area contributed by atoms with Gasteiger partial charge in [-0.15, -0.1) is 0 Å². The maximum Gasteiger partial charge on any atom is 0.417 e. The van der Waals surface area contributed by atoms with Crippen LogP contribution in [0.15, 0.2) is 36.8 Å². The highest BCUT2D eigenvalue weighted by molar-refractivity contribution is 5.83. The van der Waals surface area contributed by atoms with Gasteiger partial charge in [0.1, 0.15) is 23.1 Å². The number of carbonyl (C=O) groups is 1. The van der Waals surface area contributed by atoms with E-state index in [1.807, 2.05) is 4.90 Å². The van der Waals surface area contributed by atoms with Gasteiger partial charge in [0.25, 0.3) is 5.92 Å². The number of amides is 1. The maximum absolute atomic E-state index is 13.4. The van der Waals surface area contributed by atoms with E-state index >= 15 is 0 Å². The van der Waals surface area contributed by atoms with Crippen LogP contribution in [0.2, 0.25) is 0 Å². The van der Waals surface area contributed by atoms with Gasteiger partial charge in [-0.05, 0) is 32.0 Å². The Morgan fingerprint density at radius 3 is 2.38 bits per heavy atom. The zero-order chi connectivity index (χ0) is 24.4. The van der Waals surface area contributed by atoms with Crippen molar-refractivity contribution in [1.82, 2.24) is 24.3 Å². The summed E-state index contributed by atoms with van der Waals surface area (Å²) in [6.07, 6.45) is -1.05.